The predicted octanol–water partition coefficient (Wildman–Crippen LogP) is 2.21. The molecular formula is C15H14BrFN2O3S. The van der Waals surface area contributed by atoms with Gasteiger partial charge in [-0.3, -0.25) is 4.79 Å². The highest BCUT2D eigenvalue weighted by Gasteiger charge is 2.15. The van der Waals surface area contributed by atoms with Gasteiger partial charge in [0.25, 0.3) is 5.91 Å². The van der Waals surface area contributed by atoms with E-state index in [-0.39, 0.29) is 22.8 Å². The van der Waals surface area contributed by atoms with Crippen molar-refractivity contribution in [2.24, 2.45) is 5.14 Å². The van der Waals surface area contributed by atoms with Crippen molar-refractivity contribution in [2.45, 2.75) is 11.3 Å². The van der Waals surface area contributed by atoms with Gasteiger partial charge in [0, 0.05) is 11.0 Å². The summed E-state index contributed by atoms with van der Waals surface area (Å²) >= 11 is 3.20. The zero-order valence-electron chi connectivity index (χ0n) is 11.9. The molecule has 0 saturated heterocycles. The molecule has 5 nitrogen and oxygen atoms in total. The number of nitrogens with two attached hydrogens (primary N) is 1. The molecule has 0 radical (unpaired) electrons. The molecule has 0 saturated carbocycles. The Hall–Kier alpha value is -1.77. The van der Waals surface area contributed by atoms with Crippen molar-refractivity contribution in [2.75, 3.05) is 6.54 Å². The smallest absolute Gasteiger partial charge is 0.252 e. The number of sulfonamides is 1. The van der Waals surface area contributed by atoms with Crippen molar-refractivity contribution in [1.82, 2.24) is 5.32 Å². The highest BCUT2D eigenvalue weighted by atomic mass is 79.9. The molecule has 0 heterocycles. The molecule has 0 unspecified atom stereocenters. The SMILES string of the molecule is NS(=O)(=O)c1ccc(Br)c(C(=O)NCCc2cccc(F)c2)c1. The summed E-state index contributed by atoms with van der Waals surface area (Å²) in [6, 6.07) is 10.0. The van der Waals surface area contributed by atoms with Crippen LogP contribution < -0.4 is 10.5 Å². The van der Waals surface area contributed by atoms with Crippen LogP contribution in [0, 0.1) is 5.82 Å². The standard InChI is InChI=1S/C15H14BrFN2O3S/c16-14-5-4-12(23(18,21)22)9-13(14)15(20)19-7-6-10-2-1-3-11(17)8-10/h1-5,8-9H,6-7H2,(H,19,20)(H2,18,21,22). The topological polar surface area (TPSA) is 89.3 Å². The van der Waals surface area contributed by atoms with E-state index in [4.69, 9.17) is 5.14 Å². The normalized spacial score (nSPS) is 11.3. The molecule has 8 heteroatoms. The molecule has 2 aromatic carbocycles. The number of nitrogens with one attached hydrogen (secondary N) is 1. The Kier molecular flexibility index (Phi) is 5.51. The van der Waals surface area contributed by atoms with Crippen molar-refractivity contribution in [1.29, 1.82) is 0 Å². The van der Waals surface area contributed by atoms with Gasteiger partial charge in [-0.1, -0.05) is 12.1 Å². The van der Waals surface area contributed by atoms with E-state index in [0.717, 1.165) is 5.56 Å². The lowest BCUT2D eigenvalue weighted by Crippen LogP contribution is -2.26. The van der Waals surface area contributed by atoms with Gasteiger partial charge in [-0.2, -0.15) is 0 Å². The fraction of sp³-hybridized carbons (Fsp3) is 0.133. The number of carbonyl (C=O) groups excluding carboxylic acids is 1. The minimum atomic E-state index is -3.89. The van der Waals surface area contributed by atoms with Crippen molar-refractivity contribution in [3.8, 4) is 0 Å². The average molecular weight is 401 g/mol. The molecule has 1 amide bonds. The molecule has 0 aliphatic rings. The minimum absolute atomic E-state index is 0.143. The number of amides is 1. The summed E-state index contributed by atoms with van der Waals surface area (Å²) in [7, 11) is -3.89. The van der Waals surface area contributed by atoms with Crippen LogP contribution in [0.2, 0.25) is 0 Å². The zero-order chi connectivity index (χ0) is 17.0. The molecule has 122 valence electrons. The van der Waals surface area contributed by atoms with Gasteiger partial charge in [-0.05, 0) is 58.2 Å². The van der Waals surface area contributed by atoms with Crippen LogP contribution in [0.15, 0.2) is 51.8 Å². The quantitative estimate of drug-likeness (QED) is 0.805. The van der Waals surface area contributed by atoms with Crippen LogP contribution in [0.1, 0.15) is 15.9 Å². The van der Waals surface area contributed by atoms with Crippen molar-refractivity contribution >= 4 is 31.9 Å². The Morgan fingerprint density at radius 2 is 1.96 bits per heavy atom. The van der Waals surface area contributed by atoms with Gasteiger partial charge >= 0.3 is 0 Å². The van der Waals surface area contributed by atoms with Crippen LogP contribution >= 0.6 is 15.9 Å². The first-order valence-corrected chi connectivity index (χ1v) is 8.96. The number of rotatable bonds is 5. The van der Waals surface area contributed by atoms with Gasteiger partial charge in [-0.25, -0.2) is 17.9 Å². The number of halogens is 2. The molecule has 2 rings (SSSR count). The molecule has 0 aliphatic carbocycles. The lowest BCUT2D eigenvalue weighted by Gasteiger charge is -2.08. The number of benzene rings is 2. The van der Waals surface area contributed by atoms with Crippen LogP contribution in [0.4, 0.5) is 4.39 Å². The predicted molar refractivity (Wildman–Crippen MR) is 88.0 cm³/mol. The molecule has 0 aliphatic heterocycles. The number of primary sulfonamides is 1. The summed E-state index contributed by atoms with van der Waals surface area (Å²) in [5, 5.41) is 7.72. The van der Waals surface area contributed by atoms with E-state index in [2.05, 4.69) is 21.2 Å². The first-order chi connectivity index (χ1) is 10.8. The minimum Gasteiger partial charge on any atom is -0.352 e. The van der Waals surface area contributed by atoms with Crippen molar-refractivity contribution in [3.63, 3.8) is 0 Å². The monoisotopic (exact) mass is 400 g/mol. The highest BCUT2D eigenvalue weighted by molar-refractivity contribution is 9.10. The molecule has 0 aromatic heterocycles. The summed E-state index contributed by atoms with van der Waals surface area (Å²) in [6.07, 6.45) is 0.454. The third kappa shape index (κ3) is 4.85. The summed E-state index contributed by atoms with van der Waals surface area (Å²) in [6.45, 7) is 0.286. The van der Waals surface area contributed by atoms with Gasteiger partial charge in [0.15, 0.2) is 0 Å². The summed E-state index contributed by atoms with van der Waals surface area (Å²) < 4.78 is 36.2. The van der Waals surface area contributed by atoms with Crippen LogP contribution in [0.5, 0.6) is 0 Å². The molecule has 2 aromatic rings. The maximum atomic E-state index is 13.1. The molecule has 0 atom stereocenters. The van der Waals surface area contributed by atoms with Crippen LogP contribution in [0.3, 0.4) is 0 Å². The van der Waals surface area contributed by atoms with Gasteiger partial charge in [-0.15, -0.1) is 0 Å². The van der Waals surface area contributed by atoms with Crippen LogP contribution in [-0.2, 0) is 16.4 Å². The summed E-state index contributed by atoms with van der Waals surface area (Å²) in [5.41, 5.74) is 0.915. The molecule has 3 N–H and O–H groups in total. The van der Waals surface area contributed by atoms with Gasteiger partial charge in [0.2, 0.25) is 10.0 Å². The Morgan fingerprint density at radius 1 is 1.22 bits per heavy atom. The lowest BCUT2D eigenvalue weighted by atomic mass is 10.1. The second-order valence-electron chi connectivity index (χ2n) is 4.82. The van der Waals surface area contributed by atoms with E-state index < -0.39 is 15.9 Å². The Morgan fingerprint density at radius 3 is 2.61 bits per heavy atom. The third-order valence-corrected chi connectivity index (χ3v) is 4.70. The number of hydrogen-bond donors (Lipinski definition) is 2. The molecule has 0 fully saturated rings. The first kappa shape index (κ1) is 17.6. The second kappa shape index (κ2) is 7.20. The van der Waals surface area contributed by atoms with E-state index in [1.54, 1.807) is 12.1 Å². The summed E-state index contributed by atoms with van der Waals surface area (Å²) in [4.78, 5) is 12.0. The van der Waals surface area contributed by atoms with Gasteiger partial charge in [0.1, 0.15) is 5.82 Å². The highest BCUT2D eigenvalue weighted by Crippen LogP contribution is 2.20. The zero-order valence-corrected chi connectivity index (χ0v) is 14.3. The Balaban J connectivity index is 2.06. The third-order valence-electron chi connectivity index (χ3n) is 3.10. The Bertz CT molecular complexity index is 840. The van der Waals surface area contributed by atoms with E-state index >= 15 is 0 Å². The Labute approximate surface area is 141 Å². The van der Waals surface area contributed by atoms with Crippen molar-refractivity contribution in [3.05, 3.63) is 63.9 Å². The molecule has 23 heavy (non-hydrogen) atoms. The van der Waals surface area contributed by atoms with Crippen molar-refractivity contribution < 1.29 is 17.6 Å². The molecule has 0 spiro atoms. The molecular weight excluding hydrogens is 387 g/mol. The van der Waals surface area contributed by atoms with Gasteiger partial charge < -0.3 is 5.32 Å². The number of carbonyl (C=O) groups is 1. The maximum Gasteiger partial charge on any atom is 0.252 e. The van der Waals surface area contributed by atoms with Gasteiger partial charge in [0.05, 0.1) is 10.5 Å². The fourth-order valence-electron chi connectivity index (χ4n) is 1.96. The van der Waals surface area contributed by atoms with E-state index in [9.17, 15) is 17.6 Å². The maximum absolute atomic E-state index is 13.1. The lowest BCUT2D eigenvalue weighted by molar-refractivity contribution is 0.0953. The largest absolute Gasteiger partial charge is 0.352 e. The van der Waals surface area contributed by atoms with Crippen LogP contribution in [-0.4, -0.2) is 20.9 Å². The molecule has 0 bridgehead atoms. The second-order valence-corrected chi connectivity index (χ2v) is 7.24. The van der Waals surface area contributed by atoms with E-state index in [1.165, 1.54) is 30.3 Å². The fourth-order valence-corrected chi connectivity index (χ4v) is 2.93. The number of hydrogen-bond acceptors (Lipinski definition) is 3. The van der Waals surface area contributed by atoms with E-state index in [0.29, 0.717) is 10.9 Å². The van der Waals surface area contributed by atoms with Crippen LogP contribution in [0.25, 0.3) is 0 Å². The summed E-state index contributed by atoms with van der Waals surface area (Å²) in [5.74, 6) is -0.781. The van der Waals surface area contributed by atoms with E-state index in [1.807, 2.05) is 0 Å². The first-order valence-electron chi connectivity index (χ1n) is 6.62. The average Bonchev–Trinajstić information content (AvgIpc) is 2.46.